The van der Waals surface area contributed by atoms with Crippen molar-refractivity contribution in [3.05, 3.63) is 83.9 Å². The zero-order chi connectivity index (χ0) is 21.7. The first kappa shape index (κ1) is 23.0. The number of carbonyl (C=O) groups excluding carboxylic acids is 1. The minimum Gasteiger partial charge on any atom is -0.456 e. The second kappa shape index (κ2) is 9.00. The molecule has 0 saturated carbocycles. The van der Waals surface area contributed by atoms with Crippen molar-refractivity contribution in [2.45, 2.75) is 57.6 Å². The SMILES string of the molecule is [B]C(C)(OCCC(C)(C)OC(=O)C=C)c1ccc(C(C)(C)c2ccccc2)cc1. The van der Waals surface area contributed by atoms with E-state index in [-0.39, 0.29) is 5.41 Å². The average molecular weight is 390 g/mol. The van der Waals surface area contributed by atoms with Crippen molar-refractivity contribution in [2.24, 2.45) is 0 Å². The smallest absolute Gasteiger partial charge is 0.330 e. The molecule has 0 aliphatic rings. The van der Waals surface area contributed by atoms with Gasteiger partial charge in [-0.25, -0.2) is 4.79 Å². The van der Waals surface area contributed by atoms with E-state index in [1.165, 1.54) is 11.1 Å². The molecule has 152 valence electrons. The Labute approximate surface area is 176 Å². The lowest BCUT2D eigenvalue weighted by Gasteiger charge is -2.31. The Balaban J connectivity index is 2.04. The monoisotopic (exact) mass is 390 g/mol. The topological polar surface area (TPSA) is 35.5 Å². The van der Waals surface area contributed by atoms with Crippen LogP contribution in [0, 0.1) is 0 Å². The molecule has 0 amide bonds. The summed E-state index contributed by atoms with van der Waals surface area (Å²) >= 11 is 0. The molecule has 29 heavy (non-hydrogen) atoms. The van der Waals surface area contributed by atoms with Gasteiger partial charge in [0.25, 0.3) is 0 Å². The molecule has 0 aliphatic carbocycles. The van der Waals surface area contributed by atoms with Crippen LogP contribution in [0.4, 0.5) is 0 Å². The number of esters is 1. The van der Waals surface area contributed by atoms with E-state index in [1.807, 2.05) is 39.0 Å². The summed E-state index contributed by atoms with van der Waals surface area (Å²) in [6.45, 7) is 13.7. The second-order valence-corrected chi connectivity index (χ2v) is 8.66. The zero-order valence-electron chi connectivity index (χ0n) is 18.2. The summed E-state index contributed by atoms with van der Waals surface area (Å²) in [5.41, 5.74) is 1.67. The van der Waals surface area contributed by atoms with Crippen LogP contribution in [0.5, 0.6) is 0 Å². The van der Waals surface area contributed by atoms with Crippen LogP contribution in [0.25, 0.3) is 0 Å². The molecule has 2 rings (SSSR count). The highest BCUT2D eigenvalue weighted by Gasteiger charge is 2.27. The third-order valence-electron chi connectivity index (χ3n) is 5.32. The van der Waals surface area contributed by atoms with Gasteiger partial charge in [-0.1, -0.05) is 75.0 Å². The van der Waals surface area contributed by atoms with Gasteiger partial charge in [0.05, 0.1) is 6.61 Å². The molecule has 0 bridgehead atoms. The van der Waals surface area contributed by atoms with E-state index in [0.717, 1.165) is 11.6 Å². The second-order valence-electron chi connectivity index (χ2n) is 8.66. The Morgan fingerprint density at radius 1 is 0.931 bits per heavy atom. The van der Waals surface area contributed by atoms with Crippen LogP contribution in [0.2, 0.25) is 0 Å². The van der Waals surface area contributed by atoms with Crippen molar-refractivity contribution >= 4 is 13.8 Å². The molecular formula is C25H31BO3. The molecule has 0 heterocycles. The standard InChI is InChI=1S/C25H31BO3/c1-7-22(27)29-23(2,3)17-18-28-25(6,26)21-15-13-20(14-16-21)24(4,5)19-11-9-8-10-12-19/h7-16H,1,17-18H2,2-6H3. The molecule has 1 unspecified atom stereocenters. The fourth-order valence-corrected chi connectivity index (χ4v) is 3.20. The summed E-state index contributed by atoms with van der Waals surface area (Å²) < 4.78 is 11.3. The number of benzene rings is 2. The summed E-state index contributed by atoms with van der Waals surface area (Å²) in [4.78, 5) is 11.4. The predicted octanol–water partition coefficient (Wildman–Crippen LogP) is 5.27. The van der Waals surface area contributed by atoms with Crippen LogP contribution in [-0.4, -0.2) is 26.0 Å². The highest BCUT2D eigenvalue weighted by molar-refractivity contribution is 6.14. The van der Waals surface area contributed by atoms with Crippen LogP contribution < -0.4 is 0 Å². The van der Waals surface area contributed by atoms with E-state index >= 15 is 0 Å². The minimum absolute atomic E-state index is 0.106. The normalized spacial score (nSPS) is 14.1. The molecule has 2 radical (unpaired) electrons. The molecule has 0 aliphatic heterocycles. The van der Waals surface area contributed by atoms with Gasteiger partial charge in [0.2, 0.25) is 0 Å². The maximum Gasteiger partial charge on any atom is 0.330 e. The summed E-state index contributed by atoms with van der Waals surface area (Å²) in [6, 6.07) is 18.7. The van der Waals surface area contributed by atoms with Crippen LogP contribution >= 0.6 is 0 Å². The summed E-state index contributed by atoms with van der Waals surface area (Å²) in [5.74, 6) is -0.442. The minimum atomic E-state index is -0.937. The van der Waals surface area contributed by atoms with Crippen molar-refractivity contribution < 1.29 is 14.3 Å². The van der Waals surface area contributed by atoms with Gasteiger partial charge in [0.15, 0.2) is 0 Å². The van der Waals surface area contributed by atoms with Gasteiger partial charge in [-0.05, 0) is 37.5 Å². The molecule has 0 aromatic heterocycles. The lowest BCUT2D eigenvalue weighted by atomic mass is 9.74. The third kappa shape index (κ3) is 6.07. The van der Waals surface area contributed by atoms with Crippen molar-refractivity contribution in [3.63, 3.8) is 0 Å². The number of carbonyl (C=O) groups is 1. The summed E-state index contributed by atoms with van der Waals surface area (Å²) in [5, 5.41) is 0. The predicted molar refractivity (Wildman–Crippen MR) is 119 cm³/mol. The van der Waals surface area contributed by atoms with Crippen LogP contribution in [0.1, 0.15) is 57.7 Å². The number of hydrogen-bond acceptors (Lipinski definition) is 3. The fraction of sp³-hybridized carbons (Fsp3) is 0.400. The van der Waals surface area contributed by atoms with Crippen molar-refractivity contribution in [1.29, 1.82) is 0 Å². The molecule has 0 fully saturated rings. The lowest BCUT2D eigenvalue weighted by Crippen LogP contribution is -2.32. The maximum absolute atomic E-state index is 11.4. The van der Waals surface area contributed by atoms with E-state index in [4.69, 9.17) is 17.3 Å². The van der Waals surface area contributed by atoms with E-state index < -0.39 is 17.1 Å². The molecule has 0 N–H and O–H groups in total. The molecule has 1 atom stereocenters. The molecule has 0 spiro atoms. The van der Waals surface area contributed by atoms with E-state index in [2.05, 4.69) is 56.8 Å². The molecule has 0 saturated heterocycles. The average Bonchev–Trinajstić information content (AvgIpc) is 2.68. The fourth-order valence-electron chi connectivity index (χ4n) is 3.20. The van der Waals surface area contributed by atoms with Crippen LogP contribution in [0.3, 0.4) is 0 Å². The highest BCUT2D eigenvalue weighted by atomic mass is 16.6. The number of ether oxygens (including phenoxy) is 2. The highest BCUT2D eigenvalue weighted by Crippen LogP contribution is 2.33. The summed E-state index contributed by atoms with van der Waals surface area (Å²) in [6.07, 6.45) is 1.69. The zero-order valence-corrected chi connectivity index (χ0v) is 18.2. The van der Waals surface area contributed by atoms with Gasteiger partial charge in [0, 0.05) is 23.4 Å². The van der Waals surface area contributed by atoms with E-state index in [0.29, 0.717) is 13.0 Å². The van der Waals surface area contributed by atoms with Crippen LogP contribution in [-0.2, 0) is 25.2 Å². The molecule has 2 aromatic rings. The maximum atomic E-state index is 11.4. The Morgan fingerprint density at radius 2 is 1.45 bits per heavy atom. The molecule has 3 nitrogen and oxygen atoms in total. The molecule has 2 aromatic carbocycles. The van der Waals surface area contributed by atoms with Gasteiger partial charge < -0.3 is 9.47 Å². The quantitative estimate of drug-likeness (QED) is 0.333. The number of hydrogen-bond donors (Lipinski definition) is 0. The van der Waals surface area contributed by atoms with Crippen LogP contribution in [0.15, 0.2) is 67.3 Å². The van der Waals surface area contributed by atoms with Gasteiger partial charge in [0.1, 0.15) is 13.4 Å². The Bertz CT molecular complexity index is 821. The van der Waals surface area contributed by atoms with Crippen molar-refractivity contribution in [3.8, 4) is 0 Å². The van der Waals surface area contributed by atoms with Gasteiger partial charge in [-0.3, -0.25) is 0 Å². The third-order valence-corrected chi connectivity index (χ3v) is 5.32. The van der Waals surface area contributed by atoms with Gasteiger partial charge in [-0.15, -0.1) is 0 Å². The van der Waals surface area contributed by atoms with E-state index in [9.17, 15) is 4.79 Å². The lowest BCUT2D eigenvalue weighted by molar-refractivity contribution is -0.152. The first-order valence-electron chi connectivity index (χ1n) is 9.93. The molecular weight excluding hydrogens is 359 g/mol. The Morgan fingerprint density at radius 3 is 2.00 bits per heavy atom. The number of rotatable bonds is 9. The van der Waals surface area contributed by atoms with Gasteiger partial charge >= 0.3 is 5.97 Å². The first-order chi connectivity index (χ1) is 13.5. The van der Waals surface area contributed by atoms with Crippen molar-refractivity contribution in [1.82, 2.24) is 0 Å². The van der Waals surface area contributed by atoms with E-state index in [1.54, 1.807) is 0 Å². The first-order valence-corrected chi connectivity index (χ1v) is 9.93. The van der Waals surface area contributed by atoms with Crippen molar-refractivity contribution in [2.75, 3.05) is 6.61 Å². The van der Waals surface area contributed by atoms with Gasteiger partial charge in [-0.2, -0.15) is 0 Å². The Kier molecular flexibility index (Phi) is 7.13. The Hall–Kier alpha value is -2.33. The largest absolute Gasteiger partial charge is 0.456 e. The molecule has 4 heteroatoms. The summed E-state index contributed by atoms with van der Waals surface area (Å²) in [7, 11) is 6.42.